The Kier molecular flexibility index (Phi) is 6.31. The first-order valence-electron chi connectivity index (χ1n) is 8.24. The van der Waals surface area contributed by atoms with Crippen LogP contribution < -0.4 is 15.5 Å². The summed E-state index contributed by atoms with van der Waals surface area (Å²) in [5.74, 6) is 0.568. The molecule has 23 heavy (non-hydrogen) atoms. The van der Waals surface area contributed by atoms with Gasteiger partial charge in [0.2, 0.25) is 5.91 Å². The minimum absolute atomic E-state index is 0.0129. The summed E-state index contributed by atoms with van der Waals surface area (Å²) < 4.78 is 0. The zero-order valence-corrected chi connectivity index (χ0v) is 13.8. The standard InChI is InChI=1S/C16H25N5O2/c1-3-4-9-18-15(22)12-6-5-10-21(11-12)14-8-7-13(19-20-14)16(23)17-2/h7-8,12H,3-6,9-11H2,1-2H3,(H,17,23)(H,18,22). The number of hydrogen-bond donors (Lipinski definition) is 2. The summed E-state index contributed by atoms with van der Waals surface area (Å²) in [5.41, 5.74) is 0.294. The van der Waals surface area contributed by atoms with E-state index in [2.05, 4.69) is 32.7 Å². The zero-order chi connectivity index (χ0) is 16.7. The molecule has 1 saturated heterocycles. The van der Waals surface area contributed by atoms with Gasteiger partial charge < -0.3 is 15.5 Å². The van der Waals surface area contributed by atoms with Crippen LogP contribution in [0.3, 0.4) is 0 Å². The summed E-state index contributed by atoms with van der Waals surface area (Å²) >= 11 is 0. The normalized spacial score (nSPS) is 17.7. The highest BCUT2D eigenvalue weighted by Gasteiger charge is 2.26. The number of hydrogen-bond acceptors (Lipinski definition) is 5. The number of unbranched alkanes of at least 4 members (excludes halogenated alkanes) is 1. The molecule has 7 heteroatoms. The molecule has 2 N–H and O–H groups in total. The van der Waals surface area contributed by atoms with Crippen molar-refractivity contribution in [3.8, 4) is 0 Å². The Morgan fingerprint density at radius 2 is 2.17 bits per heavy atom. The van der Waals surface area contributed by atoms with E-state index in [1.165, 1.54) is 0 Å². The molecule has 1 fully saturated rings. The molecule has 2 rings (SSSR count). The molecule has 0 saturated carbocycles. The number of carbonyl (C=O) groups is 2. The summed E-state index contributed by atoms with van der Waals surface area (Å²) in [5, 5.41) is 13.6. The molecular formula is C16H25N5O2. The maximum absolute atomic E-state index is 12.2. The fourth-order valence-electron chi connectivity index (χ4n) is 2.67. The Labute approximate surface area is 136 Å². The van der Waals surface area contributed by atoms with Crippen molar-refractivity contribution in [1.82, 2.24) is 20.8 Å². The Bertz CT molecular complexity index is 532. The van der Waals surface area contributed by atoms with Gasteiger partial charge in [-0.2, -0.15) is 0 Å². The molecule has 1 aromatic heterocycles. The minimum atomic E-state index is -0.254. The van der Waals surface area contributed by atoms with Crippen LogP contribution in [0.15, 0.2) is 12.1 Å². The number of amides is 2. The number of nitrogens with zero attached hydrogens (tertiary/aromatic N) is 3. The molecule has 0 aliphatic carbocycles. The monoisotopic (exact) mass is 319 g/mol. The van der Waals surface area contributed by atoms with Crippen molar-refractivity contribution in [1.29, 1.82) is 0 Å². The molecule has 1 aliphatic rings. The third-order valence-electron chi connectivity index (χ3n) is 4.06. The van der Waals surface area contributed by atoms with Crippen molar-refractivity contribution >= 4 is 17.6 Å². The van der Waals surface area contributed by atoms with Crippen molar-refractivity contribution in [3.63, 3.8) is 0 Å². The van der Waals surface area contributed by atoms with Gasteiger partial charge in [0.05, 0.1) is 5.92 Å². The first-order valence-corrected chi connectivity index (χ1v) is 8.24. The van der Waals surface area contributed by atoms with Crippen molar-refractivity contribution in [2.24, 2.45) is 5.92 Å². The van der Waals surface area contributed by atoms with E-state index in [1.807, 2.05) is 0 Å². The van der Waals surface area contributed by atoms with Gasteiger partial charge >= 0.3 is 0 Å². The van der Waals surface area contributed by atoms with Crippen LogP contribution in [-0.2, 0) is 4.79 Å². The van der Waals surface area contributed by atoms with E-state index in [0.29, 0.717) is 18.1 Å². The molecule has 2 heterocycles. The average Bonchev–Trinajstić information content (AvgIpc) is 2.61. The van der Waals surface area contributed by atoms with E-state index in [9.17, 15) is 9.59 Å². The van der Waals surface area contributed by atoms with Gasteiger partial charge in [0, 0.05) is 26.7 Å². The van der Waals surface area contributed by atoms with E-state index in [1.54, 1.807) is 19.2 Å². The maximum Gasteiger partial charge on any atom is 0.271 e. The molecule has 126 valence electrons. The molecular weight excluding hydrogens is 294 g/mol. The molecule has 1 aromatic rings. The van der Waals surface area contributed by atoms with Gasteiger partial charge in [-0.3, -0.25) is 9.59 Å². The van der Waals surface area contributed by atoms with Crippen molar-refractivity contribution in [3.05, 3.63) is 17.8 Å². The summed E-state index contributed by atoms with van der Waals surface area (Å²) in [7, 11) is 1.56. The van der Waals surface area contributed by atoms with Crippen LogP contribution in [-0.4, -0.2) is 48.7 Å². The predicted molar refractivity (Wildman–Crippen MR) is 88.3 cm³/mol. The largest absolute Gasteiger partial charge is 0.356 e. The van der Waals surface area contributed by atoms with E-state index < -0.39 is 0 Å². The van der Waals surface area contributed by atoms with Crippen molar-refractivity contribution in [2.45, 2.75) is 32.6 Å². The van der Waals surface area contributed by atoms with E-state index >= 15 is 0 Å². The van der Waals surface area contributed by atoms with Crippen molar-refractivity contribution in [2.75, 3.05) is 31.6 Å². The lowest BCUT2D eigenvalue weighted by molar-refractivity contribution is -0.125. The van der Waals surface area contributed by atoms with Crippen molar-refractivity contribution < 1.29 is 9.59 Å². The first-order chi connectivity index (χ1) is 11.2. The molecule has 0 bridgehead atoms. The number of rotatable bonds is 6. The fourth-order valence-corrected chi connectivity index (χ4v) is 2.67. The van der Waals surface area contributed by atoms with E-state index in [0.717, 1.165) is 38.8 Å². The van der Waals surface area contributed by atoms with Gasteiger partial charge in [0.1, 0.15) is 0 Å². The lowest BCUT2D eigenvalue weighted by Gasteiger charge is -2.32. The highest BCUT2D eigenvalue weighted by Crippen LogP contribution is 2.21. The lowest BCUT2D eigenvalue weighted by atomic mass is 9.97. The van der Waals surface area contributed by atoms with Gasteiger partial charge in [0.15, 0.2) is 11.5 Å². The highest BCUT2D eigenvalue weighted by molar-refractivity contribution is 5.91. The molecule has 1 unspecified atom stereocenters. The molecule has 0 aromatic carbocycles. The number of anilines is 1. The molecule has 0 spiro atoms. The van der Waals surface area contributed by atoms with Crippen LogP contribution in [0.4, 0.5) is 5.82 Å². The van der Waals surface area contributed by atoms with Gasteiger partial charge in [0.25, 0.3) is 5.91 Å². The summed E-state index contributed by atoms with van der Waals surface area (Å²) in [4.78, 5) is 25.8. The van der Waals surface area contributed by atoms with Gasteiger partial charge in [-0.05, 0) is 31.4 Å². The van der Waals surface area contributed by atoms with Crippen LogP contribution in [0.2, 0.25) is 0 Å². The quantitative estimate of drug-likeness (QED) is 0.763. The smallest absolute Gasteiger partial charge is 0.271 e. The van der Waals surface area contributed by atoms with Crippen LogP contribution in [0.25, 0.3) is 0 Å². The van der Waals surface area contributed by atoms with E-state index in [-0.39, 0.29) is 17.7 Å². The molecule has 7 nitrogen and oxygen atoms in total. The zero-order valence-electron chi connectivity index (χ0n) is 13.8. The average molecular weight is 319 g/mol. The SMILES string of the molecule is CCCCNC(=O)C1CCCN(c2ccc(C(=O)NC)nn2)C1. The molecule has 1 aliphatic heterocycles. The van der Waals surface area contributed by atoms with Crippen LogP contribution in [0.1, 0.15) is 43.1 Å². The number of aromatic nitrogens is 2. The topological polar surface area (TPSA) is 87.2 Å². The Balaban J connectivity index is 1.95. The van der Waals surface area contributed by atoms with Crippen LogP contribution in [0, 0.1) is 5.92 Å². The third kappa shape index (κ3) is 4.64. The van der Waals surface area contributed by atoms with Gasteiger partial charge in [-0.1, -0.05) is 13.3 Å². The molecule has 0 radical (unpaired) electrons. The van der Waals surface area contributed by atoms with Crippen LogP contribution in [0.5, 0.6) is 0 Å². The lowest BCUT2D eigenvalue weighted by Crippen LogP contribution is -2.43. The summed E-state index contributed by atoms with van der Waals surface area (Å²) in [6, 6.07) is 3.45. The summed E-state index contributed by atoms with van der Waals surface area (Å²) in [6.07, 6.45) is 3.93. The minimum Gasteiger partial charge on any atom is -0.356 e. The third-order valence-corrected chi connectivity index (χ3v) is 4.06. The van der Waals surface area contributed by atoms with Gasteiger partial charge in [-0.15, -0.1) is 10.2 Å². The van der Waals surface area contributed by atoms with Gasteiger partial charge in [-0.25, -0.2) is 0 Å². The number of carbonyl (C=O) groups excluding carboxylic acids is 2. The number of nitrogens with one attached hydrogen (secondary N) is 2. The fraction of sp³-hybridized carbons (Fsp3) is 0.625. The van der Waals surface area contributed by atoms with E-state index in [4.69, 9.17) is 0 Å². The molecule has 2 amide bonds. The predicted octanol–water partition coefficient (Wildman–Crippen LogP) is 0.969. The second-order valence-corrected chi connectivity index (χ2v) is 5.79. The Hall–Kier alpha value is -2.18. The summed E-state index contributed by atoms with van der Waals surface area (Å²) in [6.45, 7) is 4.35. The first kappa shape index (κ1) is 17.2. The maximum atomic E-state index is 12.2. The molecule has 1 atom stereocenters. The Morgan fingerprint density at radius 3 is 2.83 bits per heavy atom. The number of piperidine rings is 1. The second-order valence-electron chi connectivity index (χ2n) is 5.79. The second kappa shape index (κ2) is 8.45. The Morgan fingerprint density at radius 1 is 1.35 bits per heavy atom. The highest BCUT2D eigenvalue weighted by atomic mass is 16.2. The van der Waals surface area contributed by atoms with Crippen LogP contribution >= 0.6 is 0 Å².